The second-order valence-corrected chi connectivity index (χ2v) is 10.6. The highest BCUT2D eigenvalue weighted by molar-refractivity contribution is 5.66. The molecule has 0 radical (unpaired) electrons. The Hall–Kier alpha value is -2.53. The first-order chi connectivity index (χ1) is 16.4. The zero-order valence-electron chi connectivity index (χ0n) is 22.6. The Labute approximate surface area is 211 Å². The molecule has 1 atom stereocenters. The van der Waals surface area contributed by atoms with Crippen LogP contribution in [0.5, 0.6) is 11.5 Å². The van der Waals surface area contributed by atoms with Crippen molar-refractivity contribution >= 4 is 5.97 Å². The lowest BCUT2D eigenvalue weighted by molar-refractivity contribution is -0.137. The number of benzene rings is 2. The first kappa shape index (κ1) is 28.7. The van der Waals surface area contributed by atoms with Gasteiger partial charge in [0.25, 0.3) is 0 Å². The number of carboxylic acid groups (broad SMARTS) is 1. The minimum Gasteiger partial charge on any atom is -0.493 e. The molecule has 0 aliphatic heterocycles. The molecule has 5 heteroatoms. The number of aliphatic hydroxyl groups is 1. The summed E-state index contributed by atoms with van der Waals surface area (Å²) in [5.41, 5.74) is 4.31. The molecule has 0 unspecified atom stereocenters. The van der Waals surface area contributed by atoms with Gasteiger partial charge in [0.05, 0.1) is 12.7 Å². The van der Waals surface area contributed by atoms with Gasteiger partial charge in [-0.1, -0.05) is 58.9 Å². The summed E-state index contributed by atoms with van der Waals surface area (Å²) < 4.78 is 11.9. The molecule has 2 aromatic carbocycles. The molecular formula is C30H44O5. The highest BCUT2D eigenvalue weighted by Gasteiger charge is 2.32. The van der Waals surface area contributed by atoms with E-state index in [1.165, 1.54) is 11.1 Å². The Morgan fingerprint density at radius 2 is 1.40 bits per heavy atom. The summed E-state index contributed by atoms with van der Waals surface area (Å²) in [5.74, 6) is 0.891. The Kier molecular flexibility index (Phi) is 10.2. The summed E-state index contributed by atoms with van der Waals surface area (Å²) in [6.07, 6.45) is 2.91. The molecule has 0 heterocycles. The van der Waals surface area contributed by atoms with Gasteiger partial charge in [-0.05, 0) is 79.3 Å². The van der Waals surface area contributed by atoms with E-state index in [1.807, 2.05) is 32.9 Å². The predicted octanol–water partition coefficient (Wildman–Crippen LogP) is 6.83. The van der Waals surface area contributed by atoms with Gasteiger partial charge in [0.1, 0.15) is 18.1 Å². The number of rotatable bonds is 13. The van der Waals surface area contributed by atoms with Crippen molar-refractivity contribution in [3.8, 4) is 11.5 Å². The maximum atomic E-state index is 10.7. The average Bonchev–Trinajstić information content (AvgIpc) is 2.79. The van der Waals surface area contributed by atoms with Crippen LogP contribution in [0.3, 0.4) is 0 Å². The van der Waals surface area contributed by atoms with E-state index in [0.717, 1.165) is 41.9 Å². The van der Waals surface area contributed by atoms with Crippen molar-refractivity contribution in [3.63, 3.8) is 0 Å². The van der Waals surface area contributed by atoms with Crippen LogP contribution in [0.2, 0.25) is 0 Å². The molecule has 0 amide bonds. The third-order valence-corrected chi connectivity index (χ3v) is 7.10. The number of unbranched alkanes of at least 4 members (excludes halogenated alkanes) is 1. The lowest BCUT2D eigenvalue weighted by Gasteiger charge is -2.34. The Balaban J connectivity index is 2.21. The number of carboxylic acids is 1. The molecule has 0 aromatic heterocycles. The molecule has 0 saturated heterocycles. The van der Waals surface area contributed by atoms with E-state index in [4.69, 9.17) is 14.6 Å². The maximum absolute atomic E-state index is 10.7. The van der Waals surface area contributed by atoms with E-state index in [1.54, 1.807) is 0 Å². The molecule has 5 nitrogen and oxygen atoms in total. The molecule has 2 rings (SSSR count). The molecule has 0 aliphatic carbocycles. The lowest BCUT2D eigenvalue weighted by atomic mass is 9.70. The fourth-order valence-corrected chi connectivity index (χ4v) is 4.43. The van der Waals surface area contributed by atoms with Gasteiger partial charge in [0.15, 0.2) is 0 Å². The number of aliphatic carboxylic acids is 1. The van der Waals surface area contributed by atoms with Gasteiger partial charge in [0.2, 0.25) is 0 Å². The summed E-state index contributed by atoms with van der Waals surface area (Å²) in [6.45, 7) is 15.4. The van der Waals surface area contributed by atoms with E-state index < -0.39 is 12.1 Å². The van der Waals surface area contributed by atoms with Crippen LogP contribution in [0.1, 0.15) is 89.0 Å². The maximum Gasteiger partial charge on any atom is 0.303 e. The van der Waals surface area contributed by atoms with Crippen molar-refractivity contribution in [2.45, 2.75) is 92.1 Å². The molecule has 35 heavy (non-hydrogen) atoms. The fourth-order valence-electron chi connectivity index (χ4n) is 4.43. The topological polar surface area (TPSA) is 76.0 Å². The largest absolute Gasteiger partial charge is 0.493 e. The minimum atomic E-state index is -0.765. The minimum absolute atomic E-state index is 0.126. The van der Waals surface area contributed by atoms with Crippen LogP contribution in [0.15, 0.2) is 36.4 Å². The Bertz CT molecular complexity index is 969. The molecule has 2 N–H and O–H groups in total. The molecule has 0 aliphatic rings. The van der Waals surface area contributed by atoms with Crippen molar-refractivity contribution in [2.24, 2.45) is 5.41 Å². The lowest BCUT2D eigenvalue weighted by Crippen LogP contribution is -2.32. The van der Waals surface area contributed by atoms with Gasteiger partial charge in [0, 0.05) is 11.8 Å². The number of aryl methyl sites for hydroxylation is 2. The molecule has 194 valence electrons. The van der Waals surface area contributed by atoms with E-state index in [-0.39, 0.29) is 23.9 Å². The van der Waals surface area contributed by atoms with Gasteiger partial charge in [-0.2, -0.15) is 0 Å². The molecule has 0 bridgehead atoms. The first-order valence-corrected chi connectivity index (χ1v) is 12.8. The van der Waals surface area contributed by atoms with E-state index in [9.17, 15) is 9.90 Å². The molecule has 0 fully saturated rings. The van der Waals surface area contributed by atoms with Gasteiger partial charge < -0.3 is 19.7 Å². The second kappa shape index (κ2) is 12.4. The van der Waals surface area contributed by atoms with Crippen LogP contribution in [0.4, 0.5) is 0 Å². The van der Waals surface area contributed by atoms with Crippen LogP contribution >= 0.6 is 0 Å². The highest BCUT2D eigenvalue weighted by atomic mass is 16.5. The predicted molar refractivity (Wildman–Crippen MR) is 142 cm³/mol. The first-order valence-electron chi connectivity index (χ1n) is 12.8. The standard InChI is InChI=1S/C30H44O5/c1-8-30(9-2,23-13-15-25(21(3)18-23)34-17-11-10-12-28(32)33)24-14-16-26(22(4)19-24)35-20-27(31)29(5,6)7/h13-16,18-19,27,31H,8-12,17,20H2,1-7H3,(H,32,33)/t27-/m0/s1. The van der Waals surface area contributed by atoms with Crippen molar-refractivity contribution in [1.82, 2.24) is 0 Å². The average molecular weight is 485 g/mol. The number of aliphatic hydroxyl groups excluding tert-OH is 1. The summed E-state index contributed by atoms with van der Waals surface area (Å²) in [5, 5.41) is 19.1. The van der Waals surface area contributed by atoms with Crippen LogP contribution in [-0.2, 0) is 10.2 Å². The van der Waals surface area contributed by atoms with E-state index in [0.29, 0.717) is 13.0 Å². The SMILES string of the molecule is CCC(CC)(c1ccc(OCCCCC(=O)O)c(C)c1)c1ccc(OC[C@H](O)C(C)(C)C)c(C)c1. The summed E-state index contributed by atoms with van der Waals surface area (Å²) in [4.78, 5) is 10.7. The van der Waals surface area contributed by atoms with E-state index in [2.05, 4.69) is 52.0 Å². The van der Waals surface area contributed by atoms with Crippen LogP contribution in [-0.4, -0.2) is 35.5 Å². The Morgan fingerprint density at radius 1 is 0.886 bits per heavy atom. The van der Waals surface area contributed by atoms with Gasteiger partial charge in [-0.3, -0.25) is 4.79 Å². The van der Waals surface area contributed by atoms with Gasteiger partial charge in [-0.25, -0.2) is 0 Å². The van der Waals surface area contributed by atoms with Crippen molar-refractivity contribution in [3.05, 3.63) is 58.7 Å². The highest BCUT2D eigenvalue weighted by Crippen LogP contribution is 2.41. The second-order valence-electron chi connectivity index (χ2n) is 10.6. The number of carbonyl (C=O) groups is 1. The summed E-state index contributed by atoms with van der Waals surface area (Å²) in [6, 6.07) is 12.8. The molecular weight excluding hydrogens is 440 g/mol. The summed E-state index contributed by atoms with van der Waals surface area (Å²) in [7, 11) is 0. The van der Waals surface area contributed by atoms with Gasteiger partial charge >= 0.3 is 5.97 Å². The van der Waals surface area contributed by atoms with Crippen LogP contribution in [0.25, 0.3) is 0 Å². The van der Waals surface area contributed by atoms with Crippen molar-refractivity contribution in [1.29, 1.82) is 0 Å². The normalized spacial score (nSPS) is 12.9. The Morgan fingerprint density at radius 3 is 1.83 bits per heavy atom. The number of ether oxygens (including phenoxy) is 2. The van der Waals surface area contributed by atoms with Crippen LogP contribution < -0.4 is 9.47 Å². The van der Waals surface area contributed by atoms with Crippen molar-refractivity contribution < 1.29 is 24.5 Å². The number of hydrogen-bond donors (Lipinski definition) is 2. The third kappa shape index (κ3) is 7.47. The zero-order chi connectivity index (χ0) is 26.2. The van der Waals surface area contributed by atoms with Crippen LogP contribution in [0, 0.1) is 19.3 Å². The number of hydrogen-bond acceptors (Lipinski definition) is 4. The quantitative estimate of drug-likeness (QED) is 0.305. The molecule has 2 aromatic rings. The monoisotopic (exact) mass is 484 g/mol. The summed E-state index contributed by atoms with van der Waals surface area (Å²) >= 11 is 0. The zero-order valence-corrected chi connectivity index (χ0v) is 22.6. The smallest absolute Gasteiger partial charge is 0.303 e. The van der Waals surface area contributed by atoms with E-state index >= 15 is 0 Å². The fraction of sp³-hybridized carbons (Fsp3) is 0.567. The molecule has 0 saturated carbocycles. The van der Waals surface area contributed by atoms with Crippen molar-refractivity contribution in [2.75, 3.05) is 13.2 Å². The molecule has 0 spiro atoms. The third-order valence-electron chi connectivity index (χ3n) is 7.10. The van der Waals surface area contributed by atoms with Gasteiger partial charge in [-0.15, -0.1) is 0 Å².